The van der Waals surface area contributed by atoms with Crippen molar-refractivity contribution in [2.45, 2.75) is 96.7 Å². The molecule has 3 aromatic rings. The number of nitrogens with zero attached hydrogens (tertiary/aromatic N) is 6. The summed E-state index contributed by atoms with van der Waals surface area (Å²) in [5, 5.41) is 35.7. The molecule has 0 atom stereocenters. The Morgan fingerprint density at radius 3 is 1.98 bits per heavy atom. The summed E-state index contributed by atoms with van der Waals surface area (Å²) in [5.41, 5.74) is 1.51. The highest BCUT2D eigenvalue weighted by molar-refractivity contribution is 5.85. The molecule has 1 aromatic heterocycles. The largest absolute Gasteiger partial charge is 0.503 e. The van der Waals surface area contributed by atoms with Crippen LogP contribution in [0.25, 0.3) is 0 Å². The van der Waals surface area contributed by atoms with Gasteiger partial charge in [-0.15, -0.1) is 17.5 Å². The number of carbonyl (C=O) groups is 1. The van der Waals surface area contributed by atoms with Crippen LogP contribution in [0.1, 0.15) is 85.3 Å². The van der Waals surface area contributed by atoms with Crippen molar-refractivity contribution in [3.63, 3.8) is 0 Å². The zero-order valence-corrected chi connectivity index (χ0v) is 28.5. The van der Waals surface area contributed by atoms with Crippen LogP contribution in [0.2, 0.25) is 0 Å². The predicted octanol–water partition coefficient (Wildman–Crippen LogP) is 7.84. The third-order valence-corrected chi connectivity index (χ3v) is 8.88. The Balaban J connectivity index is 0.00000128. The summed E-state index contributed by atoms with van der Waals surface area (Å²) in [6.45, 7) is 3.35. The minimum Gasteiger partial charge on any atom is -0.450 e. The number of aromatic nitrogens is 4. The SMILES string of the molecule is CCN(CC1CCCCC1)c1cc2c(cc1CN(Cc1cc(C(F)(F)F)cc(C(F)(F)F)c1)c1nnn(CCO)n1)CCCC2.Cl.O=C(O)O. The molecule has 2 aliphatic carbocycles. The highest BCUT2D eigenvalue weighted by atomic mass is 35.5. The molecule has 2 aromatic carbocycles. The van der Waals surface area contributed by atoms with Crippen LogP contribution in [0.15, 0.2) is 30.3 Å². The summed E-state index contributed by atoms with van der Waals surface area (Å²) in [6.07, 6.45) is -1.74. The monoisotopic (exact) mass is 736 g/mol. The molecule has 0 spiro atoms. The smallest absolute Gasteiger partial charge is 0.450 e. The predicted molar refractivity (Wildman–Crippen MR) is 177 cm³/mol. The number of benzene rings is 2. The van der Waals surface area contributed by atoms with E-state index in [9.17, 15) is 31.4 Å². The molecule has 0 aliphatic heterocycles. The van der Waals surface area contributed by atoms with Crippen LogP contribution >= 0.6 is 12.4 Å². The van der Waals surface area contributed by atoms with Crippen LogP contribution in [-0.2, 0) is 44.8 Å². The van der Waals surface area contributed by atoms with Crippen molar-refractivity contribution in [1.29, 1.82) is 0 Å². The van der Waals surface area contributed by atoms with E-state index in [-0.39, 0.29) is 56.2 Å². The lowest BCUT2D eigenvalue weighted by Gasteiger charge is -2.34. The number of carboxylic acid groups (broad SMARTS) is 2. The van der Waals surface area contributed by atoms with E-state index in [1.165, 1.54) is 30.4 Å². The third-order valence-electron chi connectivity index (χ3n) is 8.88. The number of fused-ring (bicyclic) bond motifs is 1. The quantitative estimate of drug-likeness (QED) is 0.169. The van der Waals surface area contributed by atoms with Gasteiger partial charge in [0, 0.05) is 31.9 Å². The van der Waals surface area contributed by atoms with Crippen LogP contribution in [0.3, 0.4) is 0 Å². The minimum atomic E-state index is -4.96. The normalized spacial score (nSPS) is 15.0. The second-order valence-corrected chi connectivity index (χ2v) is 12.5. The first-order valence-electron chi connectivity index (χ1n) is 16.4. The molecule has 0 amide bonds. The van der Waals surface area contributed by atoms with Crippen LogP contribution in [0.5, 0.6) is 0 Å². The van der Waals surface area contributed by atoms with Gasteiger partial charge in [0.2, 0.25) is 0 Å². The van der Waals surface area contributed by atoms with E-state index in [4.69, 9.17) is 15.0 Å². The first-order valence-corrected chi connectivity index (χ1v) is 16.4. The third kappa shape index (κ3) is 11.4. The maximum absolute atomic E-state index is 13.7. The molecule has 278 valence electrons. The van der Waals surface area contributed by atoms with Gasteiger partial charge >= 0.3 is 18.5 Å². The zero-order valence-electron chi connectivity index (χ0n) is 27.7. The van der Waals surface area contributed by atoms with Gasteiger partial charge in [0.05, 0.1) is 24.3 Å². The van der Waals surface area contributed by atoms with Gasteiger partial charge in [0.15, 0.2) is 0 Å². The molecular formula is C33H43ClF6N6O4. The molecule has 3 N–H and O–H groups in total. The fourth-order valence-corrected chi connectivity index (χ4v) is 6.60. The van der Waals surface area contributed by atoms with Crippen LogP contribution < -0.4 is 9.80 Å². The van der Waals surface area contributed by atoms with Crippen molar-refractivity contribution in [3.8, 4) is 0 Å². The zero-order chi connectivity index (χ0) is 35.8. The summed E-state index contributed by atoms with van der Waals surface area (Å²) < 4.78 is 82.3. The number of rotatable bonds is 11. The fraction of sp³-hybridized carbons (Fsp3) is 0.576. The van der Waals surface area contributed by atoms with Crippen molar-refractivity contribution >= 4 is 30.2 Å². The molecule has 50 heavy (non-hydrogen) atoms. The maximum Gasteiger partial charge on any atom is 0.503 e. The van der Waals surface area contributed by atoms with Gasteiger partial charge in [-0.3, -0.25) is 0 Å². The number of halogens is 7. The molecular weight excluding hydrogens is 694 g/mol. The Morgan fingerprint density at radius 1 is 0.860 bits per heavy atom. The van der Waals surface area contributed by atoms with E-state index in [2.05, 4.69) is 39.4 Å². The van der Waals surface area contributed by atoms with Crippen molar-refractivity contribution < 1.29 is 46.5 Å². The number of aliphatic hydroxyl groups is 1. The summed E-state index contributed by atoms with van der Waals surface area (Å²) in [5.74, 6) is 0.609. The Bertz CT molecular complexity index is 1510. The van der Waals surface area contributed by atoms with Gasteiger partial charge < -0.3 is 25.1 Å². The number of alkyl halides is 6. The highest BCUT2D eigenvalue weighted by Crippen LogP contribution is 2.38. The molecule has 0 saturated heterocycles. The number of aryl methyl sites for hydroxylation is 2. The number of hydrogen-bond donors (Lipinski definition) is 3. The van der Waals surface area contributed by atoms with Gasteiger partial charge in [-0.05, 0) is 103 Å². The Labute approximate surface area is 292 Å². The summed E-state index contributed by atoms with van der Waals surface area (Å²) in [4.78, 5) is 13.6. The second kappa shape index (κ2) is 17.9. The van der Waals surface area contributed by atoms with Crippen molar-refractivity contribution in [2.24, 2.45) is 5.92 Å². The van der Waals surface area contributed by atoms with Gasteiger partial charge in [-0.1, -0.05) is 30.4 Å². The number of tetrazole rings is 1. The molecule has 1 heterocycles. The average Bonchev–Trinajstić information content (AvgIpc) is 3.51. The van der Waals surface area contributed by atoms with E-state index in [1.54, 1.807) is 4.90 Å². The molecule has 2 aliphatic rings. The first-order chi connectivity index (χ1) is 23.2. The van der Waals surface area contributed by atoms with E-state index in [1.807, 2.05) is 0 Å². The van der Waals surface area contributed by atoms with Gasteiger partial charge in [-0.2, -0.15) is 31.1 Å². The van der Waals surface area contributed by atoms with E-state index in [0.29, 0.717) is 5.92 Å². The van der Waals surface area contributed by atoms with Crippen LogP contribution in [-0.4, -0.2) is 61.4 Å². The standard InChI is InChI=1S/C32H40F6N6O.CH2O3.ClH/c1-2-42(19-22-8-4-3-5-9-22)29-17-25-11-7-6-10-24(25)16-26(29)21-43(30-39-41-44(40-30)12-13-45)20-23-14-27(31(33,34)35)18-28(15-23)32(36,37)38;2-1(3)4;/h14-18,22,45H,2-13,19-21H2,1H3;(H2,2,3,4);1H. The minimum absolute atomic E-state index is 0. The number of aliphatic hydroxyl groups excluding tert-OH is 1. The molecule has 1 saturated carbocycles. The highest BCUT2D eigenvalue weighted by Gasteiger charge is 2.37. The van der Waals surface area contributed by atoms with Gasteiger partial charge in [0.25, 0.3) is 5.95 Å². The molecule has 17 heteroatoms. The van der Waals surface area contributed by atoms with E-state index in [0.717, 1.165) is 79.8 Å². The lowest BCUT2D eigenvalue weighted by Crippen LogP contribution is -2.33. The second-order valence-electron chi connectivity index (χ2n) is 12.5. The van der Waals surface area contributed by atoms with E-state index < -0.39 is 29.6 Å². The number of anilines is 2. The topological polar surface area (TPSA) is 128 Å². The molecule has 10 nitrogen and oxygen atoms in total. The fourth-order valence-electron chi connectivity index (χ4n) is 6.60. The molecule has 0 unspecified atom stereocenters. The maximum atomic E-state index is 13.7. The first kappa shape index (κ1) is 40.6. The van der Waals surface area contributed by atoms with Crippen molar-refractivity contribution in [1.82, 2.24) is 20.2 Å². The Hall–Kier alpha value is -3.79. The van der Waals surface area contributed by atoms with Crippen LogP contribution in [0.4, 0.5) is 42.8 Å². The van der Waals surface area contributed by atoms with E-state index >= 15 is 0 Å². The number of hydrogen-bond acceptors (Lipinski definition) is 7. The van der Waals surface area contributed by atoms with Crippen molar-refractivity contribution in [2.75, 3.05) is 29.5 Å². The van der Waals surface area contributed by atoms with Gasteiger partial charge in [0.1, 0.15) is 0 Å². The van der Waals surface area contributed by atoms with Gasteiger partial charge in [-0.25, -0.2) is 4.79 Å². The Morgan fingerprint density at radius 2 is 1.44 bits per heavy atom. The summed E-state index contributed by atoms with van der Waals surface area (Å²) in [6, 6.07) is 6.00. The average molecular weight is 737 g/mol. The molecule has 0 bridgehead atoms. The molecule has 0 radical (unpaired) electrons. The van der Waals surface area contributed by atoms with Crippen LogP contribution in [0, 0.1) is 5.92 Å². The van der Waals surface area contributed by atoms with Crippen molar-refractivity contribution in [3.05, 3.63) is 63.7 Å². The molecule has 1 fully saturated rings. The lowest BCUT2D eigenvalue weighted by molar-refractivity contribution is -0.143. The summed E-state index contributed by atoms with van der Waals surface area (Å²) in [7, 11) is 0. The molecule has 5 rings (SSSR count). The summed E-state index contributed by atoms with van der Waals surface area (Å²) >= 11 is 0. The Kier molecular flexibility index (Phi) is 14.6. The lowest BCUT2D eigenvalue weighted by atomic mass is 9.87.